The predicted octanol–water partition coefficient (Wildman–Crippen LogP) is -1.75. The largest absolute Gasteiger partial charge is 0.394 e. The number of carbonyl (C=O) groups is 1. The smallest absolute Gasteiger partial charge is 0.187 e. The first kappa shape index (κ1) is 62.6. The average Bonchev–Trinajstić information content (AvgIpc) is 3.37. The Kier molecular flexibility index (Phi) is 18.9. The maximum absolute atomic E-state index is 15.2. The summed E-state index contributed by atoms with van der Waals surface area (Å²) in [5, 5.41) is 150. The second kappa shape index (κ2) is 23.5. The minimum atomic E-state index is -1.91. The van der Waals surface area contributed by atoms with Crippen LogP contribution in [0.4, 0.5) is 0 Å². The molecular weight excluding hydrogens is 1030 g/mol. The van der Waals surface area contributed by atoms with E-state index < -0.39 is 183 Å². The van der Waals surface area contributed by atoms with Gasteiger partial charge in [0.1, 0.15) is 91.2 Å². The number of rotatable bonds is 17. The van der Waals surface area contributed by atoms with E-state index in [1.807, 2.05) is 0 Å². The second-order valence-electron chi connectivity index (χ2n) is 26.0. The van der Waals surface area contributed by atoms with Gasteiger partial charge in [0.15, 0.2) is 25.2 Å². The van der Waals surface area contributed by atoms with Crippen molar-refractivity contribution in [2.24, 2.45) is 51.2 Å². The minimum absolute atomic E-state index is 0.00944. The summed E-state index contributed by atoms with van der Waals surface area (Å²) in [7, 11) is 0. The summed E-state index contributed by atoms with van der Waals surface area (Å²) < 4.78 is 48.1. The number of hydrogen-bond acceptors (Lipinski definition) is 23. The van der Waals surface area contributed by atoms with Crippen LogP contribution in [0.25, 0.3) is 0 Å². The molecule has 8 rings (SSSR count). The van der Waals surface area contributed by atoms with Crippen LogP contribution in [0.3, 0.4) is 0 Å². The van der Waals surface area contributed by atoms with E-state index in [1.165, 1.54) is 13.8 Å². The third-order valence-electron chi connectivity index (χ3n) is 20.9. The number of aliphatic hydroxyl groups is 14. The van der Waals surface area contributed by atoms with Crippen molar-refractivity contribution in [3.8, 4) is 0 Å². The number of carbonyl (C=O) groups excluding carboxylic acids is 1. The standard InChI is InChI=1S/C55H92O23/c1-23(25-16-17-53(7)32-13-11-26-27(55(32,9)33(59)18-54(25,53)8)12-15-34(51(26,3)4)76-48-44(68)41(65)38(62)29(20-57)73-48)10-14-35(52(5,6)70)77-50-46(78-49-45(69)42(66)39(63)30(21-58)74-49)43(67)40(64)31(75-50)22-71-47-37(61)24(2)36(60)28(19-56)72-47/h11,23-25,27-32,34-50,56-58,60-70H,10,12-22H2,1-9H3/t23-,24+,25?,27?,28-,29-,30-,31-,32?,34+,35-,36+,37-,38-,39-,40-,41+,42+,43+,44-,45-,46-,47+,48+,49+,50+,53+,54-,55+/m1/s1. The van der Waals surface area contributed by atoms with Crippen molar-refractivity contribution in [1.82, 2.24) is 0 Å². The Labute approximate surface area is 456 Å². The Morgan fingerprint density at radius 2 is 1.18 bits per heavy atom. The number of ketones is 1. The molecule has 4 saturated heterocycles. The molecule has 8 aliphatic rings. The molecule has 4 aliphatic heterocycles. The lowest BCUT2D eigenvalue weighted by Gasteiger charge is -2.65. The van der Waals surface area contributed by atoms with Crippen LogP contribution in [-0.4, -0.2) is 238 Å². The molecule has 4 heterocycles. The summed E-state index contributed by atoms with van der Waals surface area (Å²) in [5.74, 6) is -0.606. The van der Waals surface area contributed by atoms with E-state index in [0.29, 0.717) is 32.1 Å². The lowest BCUT2D eigenvalue weighted by Crippen LogP contribution is -2.65. The molecule has 78 heavy (non-hydrogen) atoms. The number of hydrogen-bond donors (Lipinski definition) is 14. The highest BCUT2D eigenvalue weighted by atomic mass is 16.8. The van der Waals surface area contributed by atoms with Gasteiger partial charge in [-0.25, -0.2) is 0 Å². The maximum Gasteiger partial charge on any atom is 0.187 e. The monoisotopic (exact) mass is 1120 g/mol. The highest BCUT2D eigenvalue weighted by molar-refractivity contribution is 5.88. The van der Waals surface area contributed by atoms with Crippen molar-refractivity contribution in [2.45, 2.75) is 248 Å². The van der Waals surface area contributed by atoms with Gasteiger partial charge in [0.05, 0.1) is 50.3 Å². The summed E-state index contributed by atoms with van der Waals surface area (Å²) in [5.41, 5.74) is -2.46. The second-order valence-corrected chi connectivity index (χ2v) is 26.0. The zero-order valence-corrected chi connectivity index (χ0v) is 46.5. The first-order valence-electron chi connectivity index (χ1n) is 28.2. The molecular formula is C55H92O23. The van der Waals surface area contributed by atoms with Gasteiger partial charge < -0.3 is 109 Å². The van der Waals surface area contributed by atoms with Crippen molar-refractivity contribution < 1.29 is 114 Å². The highest BCUT2D eigenvalue weighted by Crippen LogP contribution is 2.74. The lowest BCUT2D eigenvalue weighted by atomic mass is 9.38. The third kappa shape index (κ3) is 10.9. The first-order chi connectivity index (χ1) is 36.4. The number of aliphatic hydroxyl groups excluding tert-OH is 13. The lowest BCUT2D eigenvalue weighted by molar-refractivity contribution is -0.380. The molecule has 7 fully saturated rings. The summed E-state index contributed by atoms with van der Waals surface area (Å²) in [6.07, 6.45) is -23.9. The topological polar surface area (TPSA) is 374 Å². The minimum Gasteiger partial charge on any atom is -0.394 e. The molecule has 0 radical (unpaired) electrons. The van der Waals surface area contributed by atoms with Crippen LogP contribution < -0.4 is 0 Å². The molecule has 14 N–H and O–H groups in total. The molecule has 23 nitrogen and oxygen atoms in total. The van der Waals surface area contributed by atoms with E-state index in [4.69, 9.17) is 37.9 Å². The van der Waals surface area contributed by atoms with Crippen LogP contribution in [0.5, 0.6) is 0 Å². The van der Waals surface area contributed by atoms with E-state index in [-0.39, 0.29) is 41.3 Å². The van der Waals surface area contributed by atoms with E-state index in [0.717, 1.165) is 18.4 Å². The van der Waals surface area contributed by atoms with E-state index in [1.54, 1.807) is 6.92 Å². The van der Waals surface area contributed by atoms with Crippen LogP contribution in [0.15, 0.2) is 11.6 Å². The highest BCUT2D eigenvalue weighted by Gasteiger charge is 2.71. The van der Waals surface area contributed by atoms with Gasteiger partial charge in [-0.2, -0.15) is 0 Å². The summed E-state index contributed by atoms with van der Waals surface area (Å²) >= 11 is 0. The van der Waals surface area contributed by atoms with Gasteiger partial charge in [0, 0.05) is 23.2 Å². The normalized spacial score (nSPS) is 50.5. The molecule has 0 aromatic carbocycles. The van der Waals surface area contributed by atoms with Gasteiger partial charge >= 0.3 is 0 Å². The number of fused-ring (bicyclic) bond motifs is 5. The Hall–Kier alpha value is -1.47. The Bertz CT molecular complexity index is 2070. The molecule has 23 heteroatoms. The van der Waals surface area contributed by atoms with Gasteiger partial charge in [-0.1, -0.05) is 60.1 Å². The molecule has 29 atom stereocenters. The number of ether oxygens (including phenoxy) is 8. The third-order valence-corrected chi connectivity index (χ3v) is 20.9. The molecule has 0 aromatic rings. The van der Waals surface area contributed by atoms with E-state index in [9.17, 15) is 71.5 Å². The summed E-state index contributed by atoms with van der Waals surface area (Å²) in [4.78, 5) is 15.2. The maximum atomic E-state index is 15.2. The van der Waals surface area contributed by atoms with Crippen molar-refractivity contribution in [2.75, 3.05) is 26.4 Å². The van der Waals surface area contributed by atoms with Crippen molar-refractivity contribution in [3.63, 3.8) is 0 Å². The van der Waals surface area contributed by atoms with Crippen LogP contribution in [0.1, 0.15) is 114 Å². The molecule has 3 saturated carbocycles. The fraction of sp³-hybridized carbons (Fsp3) is 0.945. The van der Waals surface area contributed by atoms with Gasteiger partial charge in [0.2, 0.25) is 0 Å². The van der Waals surface area contributed by atoms with Crippen LogP contribution in [0, 0.1) is 51.2 Å². The Morgan fingerprint density at radius 3 is 1.76 bits per heavy atom. The van der Waals surface area contributed by atoms with Crippen molar-refractivity contribution in [3.05, 3.63) is 11.6 Å². The summed E-state index contributed by atoms with van der Waals surface area (Å²) in [6, 6.07) is 0. The Balaban J connectivity index is 0.988. The molecule has 4 aliphatic carbocycles. The van der Waals surface area contributed by atoms with E-state index >= 15 is 4.79 Å². The van der Waals surface area contributed by atoms with Crippen LogP contribution in [0.2, 0.25) is 0 Å². The summed E-state index contributed by atoms with van der Waals surface area (Å²) in [6.45, 7) is 15.1. The quantitative estimate of drug-likeness (QED) is 0.0718. The molecule has 0 amide bonds. The van der Waals surface area contributed by atoms with Crippen LogP contribution in [-0.2, 0) is 42.7 Å². The molecule has 0 spiro atoms. The molecule has 450 valence electrons. The first-order valence-corrected chi connectivity index (χ1v) is 28.2. The van der Waals surface area contributed by atoms with Crippen molar-refractivity contribution >= 4 is 5.78 Å². The molecule has 3 unspecified atom stereocenters. The van der Waals surface area contributed by atoms with Gasteiger partial charge in [0.25, 0.3) is 0 Å². The average molecular weight is 1120 g/mol. The number of allylic oxidation sites excluding steroid dienone is 1. The van der Waals surface area contributed by atoms with Gasteiger partial charge in [-0.15, -0.1) is 0 Å². The predicted molar refractivity (Wildman–Crippen MR) is 270 cm³/mol. The molecule has 0 aromatic heterocycles. The zero-order valence-electron chi connectivity index (χ0n) is 46.5. The van der Waals surface area contributed by atoms with Gasteiger partial charge in [-0.3, -0.25) is 4.79 Å². The fourth-order valence-electron chi connectivity index (χ4n) is 15.5. The fourth-order valence-corrected chi connectivity index (χ4v) is 15.5. The van der Waals surface area contributed by atoms with Crippen LogP contribution >= 0.6 is 0 Å². The Morgan fingerprint density at radius 1 is 0.641 bits per heavy atom. The van der Waals surface area contributed by atoms with Crippen molar-refractivity contribution in [1.29, 1.82) is 0 Å². The van der Waals surface area contributed by atoms with Gasteiger partial charge in [-0.05, 0) is 93.3 Å². The van der Waals surface area contributed by atoms with E-state index in [2.05, 4.69) is 47.6 Å². The molecule has 0 bridgehead atoms. The SMILES string of the molecule is C[C@@H]1[C@@H](O)[C@@H](OC[C@H]2O[C@@H](O[C@H](CC[C@@H](C)C3CC[C@@]4(C)C5CC=C6C(CC[C@H](O[C@@H]7O[C@H](CO)[C@@H](O)[C@H](O)[C@H]7O)C6(C)C)[C@]5(C)C(=O)C[C@]34C)C(C)(C)O)[C@H](O[C@@H]3O[C@H](CO)[C@@H](O)[C@H](O)[C@H]3O)[C@@H](O)[C@@H]2O)O[C@H](CO)[C@H]1O. The zero-order chi connectivity index (χ0) is 57.5. The number of Topliss-reactive ketones (excluding diaryl/α,β-unsaturated/α-hetero) is 1.